The van der Waals surface area contributed by atoms with E-state index in [1.165, 1.54) is 17.4 Å². The van der Waals surface area contributed by atoms with Crippen molar-refractivity contribution in [1.29, 1.82) is 0 Å². The summed E-state index contributed by atoms with van der Waals surface area (Å²) in [5.41, 5.74) is 1.27. The number of phenolic OH excluding ortho intramolecular Hbond substituents is 1. The molecule has 0 unspecified atom stereocenters. The van der Waals surface area contributed by atoms with Crippen LogP contribution in [0.3, 0.4) is 0 Å². The molecule has 0 fully saturated rings. The molecule has 2 rings (SSSR count). The third kappa shape index (κ3) is 1.74. The number of hydrogen-bond donors (Lipinski definition) is 2. The molecule has 0 aliphatic carbocycles. The lowest BCUT2D eigenvalue weighted by atomic mass is 10.0. The van der Waals surface area contributed by atoms with E-state index in [4.69, 9.17) is 0 Å². The molecular formula is C10H14N2O3S. The van der Waals surface area contributed by atoms with Crippen molar-refractivity contribution in [3.8, 4) is 5.75 Å². The Kier molecular flexibility index (Phi) is 2.77. The van der Waals surface area contributed by atoms with Gasteiger partial charge in [0, 0.05) is 13.6 Å². The molecule has 0 spiro atoms. The number of para-hydroxylation sites is 1. The minimum Gasteiger partial charge on any atom is -0.506 e. The third-order valence-corrected chi connectivity index (χ3v) is 4.16. The molecule has 88 valence electrons. The maximum Gasteiger partial charge on any atom is 0.301 e. The zero-order valence-electron chi connectivity index (χ0n) is 8.97. The maximum atomic E-state index is 11.8. The van der Waals surface area contributed by atoms with Crippen LogP contribution in [0, 0.1) is 0 Å². The molecule has 1 aliphatic rings. The highest BCUT2D eigenvalue weighted by atomic mass is 32.2. The molecule has 1 aromatic carbocycles. The first-order chi connectivity index (χ1) is 7.56. The first-order valence-electron chi connectivity index (χ1n) is 5.08. The summed E-state index contributed by atoms with van der Waals surface area (Å²) in [5, 5.41) is 9.75. The van der Waals surface area contributed by atoms with E-state index < -0.39 is 10.2 Å². The lowest BCUT2D eigenvalue weighted by Crippen LogP contribution is -2.41. The van der Waals surface area contributed by atoms with Gasteiger partial charge in [-0.2, -0.15) is 8.42 Å². The third-order valence-electron chi connectivity index (χ3n) is 2.70. The molecule has 0 saturated carbocycles. The topological polar surface area (TPSA) is 69.6 Å². The summed E-state index contributed by atoms with van der Waals surface area (Å²) in [4.78, 5) is 0. The smallest absolute Gasteiger partial charge is 0.301 e. The summed E-state index contributed by atoms with van der Waals surface area (Å²) in [6, 6.07) is 5.07. The second-order valence-corrected chi connectivity index (χ2v) is 5.47. The van der Waals surface area contributed by atoms with Crippen LogP contribution in [0.1, 0.15) is 12.0 Å². The number of benzene rings is 1. The molecule has 0 aromatic heterocycles. The van der Waals surface area contributed by atoms with Crippen LogP contribution in [0.4, 0.5) is 5.69 Å². The van der Waals surface area contributed by atoms with Gasteiger partial charge in [0.1, 0.15) is 5.75 Å². The van der Waals surface area contributed by atoms with Crippen molar-refractivity contribution in [3.63, 3.8) is 0 Å². The Labute approximate surface area is 94.9 Å². The molecule has 5 nitrogen and oxygen atoms in total. The van der Waals surface area contributed by atoms with Crippen molar-refractivity contribution < 1.29 is 13.5 Å². The Bertz CT molecular complexity index is 499. The van der Waals surface area contributed by atoms with Crippen LogP contribution in [-0.2, 0) is 16.6 Å². The SMILES string of the molecule is CNS(=O)(=O)N1CCCc2cccc(O)c21. The van der Waals surface area contributed by atoms with Crippen molar-refractivity contribution in [3.05, 3.63) is 23.8 Å². The molecule has 0 radical (unpaired) electrons. The van der Waals surface area contributed by atoms with Crippen molar-refractivity contribution in [1.82, 2.24) is 4.72 Å². The fourth-order valence-corrected chi connectivity index (χ4v) is 2.98. The van der Waals surface area contributed by atoms with Gasteiger partial charge in [0.15, 0.2) is 0 Å². The fraction of sp³-hybridized carbons (Fsp3) is 0.400. The molecule has 0 saturated heterocycles. The van der Waals surface area contributed by atoms with Gasteiger partial charge < -0.3 is 5.11 Å². The first-order valence-corrected chi connectivity index (χ1v) is 6.52. The molecule has 2 N–H and O–H groups in total. The average Bonchev–Trinajstić information content (AvgIpc) is 2.29. The molecule has 0 atom stereocenters. The summed E-state index contributed by atoms with van der Waals surface area (Å²) in [5.74, 6) is 0.0102. The van der Waals surface area contributed by atoms with E-state index in [1.54, 1.807) is 6.07 Å². The van der Waals surface area contributed by atoms with Crippen molar-refractivity contribution >= 4 is 15.9 Å². The quantitative estimate of drug-likeness (QED) is 0.798. The van der Waals surface area contributed by atoms with Gasteiger partial charge in [-0.25, -0.2) is 4.72 Å². The van der Waals surface area contributed by atoms with E-state index in [0.29, 0.717) is 12.2 Å². The van der Waals surface area contributed by atoms with Crippen molar-refractivity contribution in [2.24, 2.45) is 0 Å². The average molecular weight is 242 g/mol. The second-order valence-electron chi connectivity index (χ2n) is 3.67. The monoisotopic (exact) mass is 242 g/mol. The highest BCUT2D eigenvalue weighted by Gasteiger charge is 2.28. The number of nitrogens with zero attached hydrogens (tertiary/aromatic N) is 1. The van der Waals surface area contributed by atoms with E-state index >= 15 is 0 Å². The Hall–Kier alpha value is -1.27. The van der Waals surface area contributed by atoms with Gasteiger partial charge in [-0.3, -0.25) is 4.31 Å². The molecule has 0 bridgehead atoms. The number of aryl methyl sites for hydroxylation is 1. The standard InChI is InChI=1S/C10H14N2O3S/c1-11-16(14,15)12-7-3-5-8-4-2-6-9(13)10(8)12/h2,4,6,11,13H,3,5,7H2,1H3. The lowest BCUT2D eigenvalue weighted by Gasteiger charge is -2.30. The number of fused-ring (bicyclic) bond motifs is 1. The largest absolute Gasteiger partial charge is 0.506 e. The summed E-state index contributed by atoms with van der Waals surface area (Å²) in [6.07, 6.45) is 1.55. The van der Waals surface area contributed by atoms with Crippen LogP contribution >= 0.6 is 0 Å². The van der Waals surface area contributed by atoms with Gasteiger partial charge in [-0.1, -0.05) is 12.1 Å². The van der Waals surface area contributed by atoms with Crippen LogP contribution in [0.15, 0.2) is 18.2 Å². The Morgan fingerprint density at radius 1 is 1.44 bits per heavy atom. The number of anilines is 1. The summed E-state index contributed by atoms with van der Waals surface area (Å²) in [7, 11) is -2.17. The summed E-state index contributed by atoms with van der Waals surface area (Å²) in [6.45, 7) is 0.397. The summed E-state index contributed by atoms with van der Waals surface area (Å²) < 4.78 is 27.0. The van der Waals surface area contributed by atoms with Crippen LogP contribution in [-0.4, -0.2) is 27.1 Å². The van der Waals surface area contributed by atoms with E-state index in [1.807, 2.05) is 6.07 Å². The number of aromatic hydroxyl groups is 1. The highest BCUT2D eigenvalue weighted by molar-refractivity contribution is 7.90. The molecular weight excluding hydrogens is 228 g/mol. The van der Waals surface area contributed by atoms with Gasteiger partial charge in [0.05, 0.1) is 5.69 Å². The molecule has 1 aliphatic heterocycles. The number of nitrogens with one attached hydrogen (secondary N) is 1. The predicted molar refractivity (Wildman–Crippen MR) is 61.8 cm³/mol. The Balaban J connectivity index is 2.56. The minimum absolute atomic E-state index is 0.0102. The molecule has 1 heterocycles. The van der Waals surface area contributed by atoms with Crippen molar-refractivity contribution in [2.75, 3.05) is 17.9 Å². The van der Waals surface area contributed by atoms with Gasteiger partial charge in [0.2, 0.25) is 0 Å². The normalized spacial score (nSPS) is 15.9. The van der Waals surface area contributed by atoms with Crippen LogP contribution in [0.5, 0.6) is 5.75 Å². The first kappa shape index (κ1) is 11.2. The van der Waals surface area contributed by atoms with Crippen LogP contribution in [0.2, 0.25) is 0 Å². The van der Waals surface area contributed by atoms with E-state index in [2.05, 4.69) is 4.72 Å². The van der Waals surface area contributed by atoms with Gasteiger partial charge >= 0.3 is 10.2 Å². The zero-order chi connectivity index (χ0) is 11.8. The van der Waals surface area contributed by atoms with Crippen LogP contribution in [0.25, 0.3) is 0 Å². The molecule has 6 heteroatoms. The van der Waals surface area contributed by atoms with Gasteiger partial charge in [0.25, 0.3) is 0 Å². The lowest BCUT2D eigenvalue weighted by molar-refractivity contribution is 0.472. The Morgan fingerprint density at radius 3 is 2.88 bits per heavy atom. The zero-order valence-corrected chi connectivity index (χ0v) is 9.79. The fourth-order valence-electron chi connectivity index (χ4n) is 1.94. The van der Waals surface area contributed by atoms with Gasteiger partial charge in [-0.05, 0) is 24.5 Å². The molecule has 1 aromatic rings. The van der Waals surface area contributed by atoms with Crippen LogP contribution < -0.4 is 9.03 Å². The molecule has 0 amide bonds. The van der Waals surface area contributed by atoms with E-state index in [0.717, 1.165) is 18.4 Å². The minimum atomic E-state index is -3.53. The highest BCUT2D eigenvalue weighted by Crippen LogP contribution is 2.36. The van der Waals surface area contributed by atoms with Crippen molar-refractivity contribution in [2.45, 2.75) is 12.8 Å². The van der Waals surface area contributed by atoms with E-state index in [9.17, 15) is 13.5 Å². The predicted octanol–water partition coefficient (Wildman–Crippen LogP) is 0.609. The second kappa shape index (κ2) is 3.95. The van der Waals surface area contributed by atoms with E-state index in [-0.39, 0.29) is 5.75 Å². The number of phenols is 1. The Morgan fingerprint density at radius 2 is 2.19 bits per heavy atom. The number of hydrogen-bond acceptors (Lipinski definition) is 3. The maximum absolute atomic E-state index is 11.8. The summed E-state index contributed by atoms with van der Waals surface area (Å²) >= 11 is 0. The molecule has 16 heavy (non-hydrogen) atoms. The van der Waals surface area contributed by atoms with Gasteiger partial charge in [-0.15, -0.1) is 0 Å². The number of rotatable bonds is 2.